The quantitative estimate of drug-likeness (QED) is 0.736. The standard InChI is InChI=1S/C21H20N2O2/c1-23(14-16-7-4-9-18-17(16)8-5-13-22-18)21(24)20-12-11-15-6-2-3-10-19(15)25-20/h2-10,13,20H,11-12,14H2,1H3/t20-/m0/s1. The SMILES string of the molecule is CN(Cc1cccc2ncccc12)C(=O)[C@@H]1CCc2ccccc2O1. The number of pyridine rings is 1. The molecule has 0 N–H and O–H groups in total. The molecule has 0 spiro atoms. The van der Waals surface area contributed by atoms with Gasteiger partial charge in [-0.15, -0.1) is 0 Å². The van der Waals surface area contributed by atoms with E-state index < -0.39 is 6.10 Å². The van der Waals surface area contributed by atoms with Crippen LogP contribution in [-0.2, 0) is 17.8 Å². The summed E-state index contributed by atoms with van der Waals surface area (Å²) in [6, 6.07) is 17.9. The second kappa shape index (κ2) is 6.55. The first-order valence-corrected chi connectivity index (χ1v) is 8.54. The van der Waals surface area contributed by atoms with E-state index in [-0.39, 0.29) is 5.91 Å². The number of aryl methyl sites for hydroxylation is 1. The first kappa shape index (κ1) is 15.6. The van der Waals surface area contributed by atoms with Gasteiger partial charge in [-0.05, 0) is 42.2 Å². The number of aromatic nitrogens is 1. The number of benzene rings is 2. The maximum Gasteiger partial charge on any atom is 0.263 e. The number of hydrogen-bond donors (Lipinski definition) is 0. The molecule has 4 nitrogen and oxygen atoms in total. The van der Waals surface area contributed by atoms with Gasteiger partial charge in [0.15, 0.2) is 6.10 Å². The predicted molar refractivity (Wildman–Crippen MR) is 97.4 cm³/mol. The molecule has 3 aromatic rings. The van der Waals surface area contributed by atoms with Crippen LogP contribution in [0.15, 0.2) is 60.8 Å². The van der Waals surface area contributed by atoms with Crippen LogP contribution in [0.4, 0.5) is 0 Å². The second-order valence-electron chi connectivity index (χ2n) is 6.43. The van der Waals surface area contributed by atoms with E-state index in [9.17, 15) is 4.79 Å². The van der Waals surface area contributed by atoms with Crippen molar-refractivity contribution in [1.29, 1.82) is 0 Å². The minimum absolute atomic E-state index is 0.0235. The lowest BCUT2D eigenvalue weighted by molar-refractivity contribution is -0.138. The van der Waals surface area contributed by atoms with E-state index in [1.54, 1.807) is 11.1 Å². The van der Waals surface area contributed by atoms with Gasteiger partial charge in [0.05, 0.1) is 5.52 Å². The molecule has 4 rings (SSSR count). The van der Waals surface area contributed by atoms with Gasteiger partial charge in [0.2, 0.25) is 0 Å². The molecule has 1 aromatic heterocycles. The lowest BCUT2D eigenvalue weighted by Gasteiger charge is -2.29. The molecule has 1 aliphatic heterocycles. The van der Waals surface area contributed by atoms with E-state index in [1.165, 1.54) is 5.56 Å². The summed E-state index contributed by atoms with van der Waals surface area (Å²) in [5.41, 5.74) is 3.22. The van der Waals surface area contributed by atoms with Gasteiger partial charge in [0.25, 0.3) is 5.91 Å². The summed E-state index contributed by atoms with van der Waals surface area (Å²) >= 11 is 0. The third-order valence-electron chi connectivity index (χ3n) is 4.71. The van der Waals surface area contributed by atoms with Crippen LogP contribution in [0, 0.1) is 0 Å². The van der Waals surface area contributed by atoms with Gasteiger partial charge in [0.1, 0.15) is 5.75 Å². The number of carbonyl (C=O) groups is 1. The van der Waals surface area contributed by atoms with Crippen molar-refractivity contribution in [3.8, 4) is 5.75 Å². The summed E-state index contributed by atoms with van der Waals surface area (Å²) in [5.74, 6) is 0.852. The summed E-state index contributed by atoms with van der Waals surface area (Å²) < 4.78 is 5.94. The van der Waals surface area contributed by atoms with Crippen molar-refractivity contribution < 1.29 is 9.53 Å². The van der Waals surface area contributed by atoms with Crippen LogP contribution >= 0.6 is 0 Å². The Balaban J connectivity index is 1.51. The number of ether oxygens (including phenoxy) is 1. The normalized spacial score (nSPS) is 16.1. The van der Waals surface area contributed by atoms with Gasteiger partial charge in [-0.3, -0.25) is 9.78 Å². The van der Waals surface area contributed by atoms with Gasteiger partial charge < -0.3 is 9.64 Å². The fourth-order valence-corrected chi connectivity index (χ4v) is 3.38. The van der Waals surface area contributed by atoms with Crippen LogP contribution in [0.5, 0.6) is 5.75 Å². The van der Waals surface area contributed by atoms with E-state index >= 15 is 0 Å². The molecule has 0 unspecified atom stereocenters. The molecule has 1 aliphatic rings. The maximum atomic E-state index is 12.8. The molecule has 2 heterocycles. The van der Waals surface area contributed by atoms with Gasteiger partial charge in [-0.1, -0.05) is 36.4 Å². The molecule has 1 atom stereocenters. The highest BCUT2D eigenvalue weighted by Gasteiger charge is 2.28. The molecule has 0 saturated heterocycles. The van der Waals surface area contributed by atoms with Crippen molar-refractivity contribution in [2.75, 3.05) is 7.05 Å². The highest BCUT2D eigenvalue weighted by molar-refractivity contribution is 5.84. The van der Waals surface area contributed by atoms with Crippen molar-refractivity contribution in [3.05, 3.63) is 71.9 Å². The van der Waals surface area contributed by atoms with E-state index in [4.69, 9.17) is 4.74 Å². The predicted octanol–water partition coefficient (Wildman–Crippen LogP) is 3.59. The fourth-order valence-electron chi connectivity index (χ4n) is 3.38. The van der Waals surface area contributed by atoms with Crippen molar-refractivity contribution in [3.63, 3.8) is 0 Å². The van der Waals surface area contributed by atoms with Crippen LogP contribution in [0.3, 0.4) is 0 Å². The molecule has 0 saturated carbocycles. The summed E-state index contributed by atoms with van der Waals surface area (Å²) in [6.45, 7) is 0.545. The first-order chi connectivity index (χ1) is 12.2. The highest BCUT2D eigenvalue weighted by Crippen LogP contribution is 2.28. The van der Waals surface area contributed by atoms with E-state index in [0.29, 0.717) is 6.54 Å². The van der Waals surface area contributed by atoms with Crippen molar-refractivity contribution >= 4 is 16.8 Å². The van der Waals surface area contributed by atoms with Gasteiger partial charge in [-0.25, -0.2) is 0 Å². The molecule has 2 aromatic carbocycles. The Labute approximate surface area is 147 Å². The number of rotatable bonds is 3. The van der Waals surface area contributed by atoms with Gasteiger partial charge in [-0.2, -0.15) is 0 Å². The zero-order chi connectivity index (χ0) is 17.2. The summed E-state index contributed by atoms with van der Waals surface area (Å²) in [4.78, 5) is 19.0. The van der Waals surface area contributed by atoms with E-state index in [0.717, 1.165) is 35.1 Å². The van der Waals surface area contributed by atoms with Crippen LogP contribution in [0.2, 0.25) is 0 Å². The smallest absolute Gasteiger partial charge is 0.263 e. The Morgan fingerprint density at radius 1 is 1.16 bits per heavy atom. The zero-order valence-electron chi connectivity index (χ0n) is 14.2. The van der Waals surface area contributed by atoms with E-state index in [2.05, 4.69) is 11.1 Å². The molecule has 126 valence electrons. The summed E-state index contributed by atoms with van der Waals surface area (Å²) in [5, 5.41) is 1.08. The number of para-hydroxylation sites is 1. The molecular weight excluding hydrogens is 312 g/mol. The number of fused-ring (bicyclic) bond motifs is 2. The average Bonchev–Trinajstić information content (AvgIpc) is 2.67. The molecule has 0 radical (unpaired) electrons. The van der Waals surface area contributed by atoms with Crippen LogP contribution in [0.1, 0.15) is 17.5 Å². The van der Waals surface area contributed by atoms with Crippen molar-refractivity contribution in [1.82, 2.24) is 9.88 Å². The number of carbonyl (C=O) groups excluding carboxylic acids is 1. The third-order valence-corrected chi connectivity index (χ3v) is 4.71. The minimum Gasteiger partial charge on any atom is -0.480 e. The second-order valence-corrected chi connectivity index (χ2v) is 6.43. The largest absolute Gasteiger partial charge is 0.480 e. The zero-order valence-corrected chi connectivity index (χ0v) is 14.2. The fraction of sp³-hybridized carbons (Fsp3) is 0.238. The Morgan fingerprint density at radius 2 is 2.04 bits per heavy atom. The van der Waals surface area contributed by atoms with Gasteiger partial charge in [0, 0.05) is 25.2 Å². The number of likely N-dealkylation sites (N-methyl/N-ethyl adjacent to an activating group) is 1. The molecule has 4 heteroatoms. The Kier molecular flexibility index (Phi) is 4.10. The lowest BCUT2D eigenvalue weighted by Crippen LogP contribution is -2.41. The Morgan fingerprint density at radius 3 is 2.96 bits per heavy atom. The van der Waals surface area contributed by atoms with Crippen LogP contribution in [-0.4, -0.2) is 28.9 Å². The Bertz CT molecular complexity index is 917. The average molecular weight is 332 g/mol. The molecule has 0 bridgehead atoms. The summed E-state index contributed by atoms with van der Waals surface area (Å²) in [6.07, 6.45) is 2.97. The highest BCUT2D eigenvalue weighted by atomic mass is 16.5. The van der Waals surface area contributed by atoms with Crippen molar-refractivity contribution in [2.24, 2.45) is 0 Å². The molecule has 25 heavy (non-hydrogen) atoms. The Hall–Kier alpha value is -2.88. The minimum atomic E-state index is -0.409. The molecular formula is C21H20N2O2. The number of amides is 1. The topological polar surface area (TPSA) is 42.4 Å². The van der Waals surface area contributed by atoms with E-state index in [1.807, 2.05) is 55.6 Å². The van der Waals surface area contributed by atoms with Gasteiger partial charge >= 0.3 is 0 Å². The number of hydrogen-bond acceptors (Lipinski definition) is 3. The first-order valence-electron chi connectivity index (χ1n) is 8.54. The lowest BCUT2D eigenvalue weighted by atomic mass is 10.0. The maximum absolute atomic E-state index is 12.8. The summed E-state index contributed by atoms with van der Waals surface area (Å²) in [7, 11) is 1.83. The van der Waals surface area contributed by atoms with Crippen LogP contribution < -0.4 is 4.74 Å². The molecule has 0 aliphatic carbocycles. The van der Waals surface area contributed by atoms with Crippen LogP contribution in [0.25, 0.3) is 10.9 Å². The number of nitrogens with zero attached hydrogens (tertiary/aromatic N) is 2. The molecule has 1 amide bonds. The third kappa shape index (κ3) is 3.07. The van der Waals surface area contributed by atoms with Crippen molar-refractivity contribution in [2.45, 2.75) is 25.5 Å². The molecule has 0 fully saturated rings. The monoisotopic (exact) mass is 332 g/mol.